The van der Waals surface area contributed by atoms with Crippen LogP contribution in [0.15, 0.2) is 35.8 Å². The Morgan fingerprint density at radius 2 is 2.17 bits per heavy atom. The van der Waals surface area contributed by atoms with Crippen molar-refractivity contribution in [1.82, 2.24) is 0 Å². The first kappa shape index (κ1) is 8.87. The zero-order valence-electron chi connectivity index (χ0n) is 7.37. The van der Waals surface area contributed by atoms with E-state index in [1.165, 1.54) is 0 Å². The lowest BCUT2D eigenvalue weighted by molar-refractivity contribution is 0.299. The Labute approximate surface area is 72.4 Å². The summed E-state index contributed by atoms with van der Waals surface area (Å²) in [4.78, 5) is 0. The lowest BCUT2D eigenvalue weighted by Crippen LogP contribution is -2.31. The Kier molecular flexibility index (Phi) is 2.24. The van der Waals surface area contributed by atoms with E-state index in [0.29, 0.717) is 11.5 Å². The third-order valence-corrected chi connectivity index (χ3v) is 1.67. The molecule has 4 N–H and O–H groups in total. The van der Waals surface area contributed by atoms with Crippen LogP contribution in [0.4, 0.5) is 0 Å². The van der Waals surface area contributed by atoms with Gasteiger partial charge in [-0.05, 0) is 19.1 Å². The molecule has 0 fully saturated rings. The lowest BCUT2D eigenvalue weighted by atomic mass is 10.0. The van der Waals surface area contributed by atoms with E-state index in [-0.39, 0.29) is 0 Å². The zero-order valence-corrected chi connectivity index (χ0v) is 7.37. The van der Waals surface area contributed by atoms with Crippen molar-refractivity contribution in [3.05, 3.63) is 35.8 Å². The van der Waals surface area contributed by atoms with Crippen LogP contribution in [0.2, 0.25) is 0 Å². The quantitative estimate of drug-likeness (QED) is 0.601. The molecule has 0 aliphatic heterocycles. The van der Waals surface area contributed by atoms with Gasteiger partial charge in [-0.1, -0.05) is 12.2 Å². The third-order valence-electron chi connectivity index (χ3n) is 1.67. The fourth-order valence-corrected chi connectivity index (χ4v) is 1.08. The van der Waals surface area contributed by atoms with Crippen molar-refractivity contribution in [1.29, 1.82) is 0 Å². The lowest BCUT2D eigenvalue weighted by Gasteiger charge is -2.14. The molecule has 0 amide bonds. The fraction of sp³-hybridized carbons (Fsp3) is 0.333. The van der Waals surface area contributed by atoms with E-state index in [1.807, 2.05) is 19.1 Å². The van der Waals surface area contributed by atoms with E-state index in [2.05, 4.69) is 0 Å². The number of allylic oxidation sites excluding steroid dienone is 2. The summed E-state index contributed by atoms with van der Waals surface area (Å²) in [6.07, 6.45) is 7.27. The van der Waals surface area contributed by atoms with Gasteiger partial charge >= 0.3 is 0 Å². The molecule has 1 rings (SSSR count). The fourth-order valence-electron chi connectivity index (χ4n) is 1.08. The summed E-state index contributed by atoms with van der Waals surface area (Å²) >= 11 is 0. The van der Waals surface area contributed by atoms with Crippen molar-refractivity contribution >= 4 is 0 Å². The minimum atomic E-state index is -0.485. The summed E-state index contributed by atoms with van der Waals surface area (Å²) in [5, 5.41) is 0. The molecule has 66 valence electrons. The van der Waals surface area contributed by atoms with Gasteiger partial charge in [0.2, 0.25) is 0 Å². The standard InChI is InChI=1S/C9H14N2O/c1-9(11)5-3-4-8(12-2)7(10)6-9/h3-6H,10-11H2,1-2H3. The number of ether oxygens (including phenoxy) is 1. The molecule has 1 aliphatic carbocycles. The van der Waals surface area contributed by atoms with Crippen LogP contribution < -0.4 is 11.5 Å². The van der Waals surface area contributed by atoms with Gasteiger partial charge in [0.05, 0.1) is 18.3 Å². The zero-order chi connectivity index (χ0) is 9.19. The van der Waals surface area contributed by atoms with E-state index in [4.69, 9.17) is 16.2 Å². The van der Waals surface area contributed by atoms with Crippen LogP contribution in [0.25, 0.3) is 0 Å². The summed E-state index contributed by atoms with van der Waals surface area (Å²) in [6.45, 7) is 1.88. The smallest absolute Gasteiger partial charge is 0.141 e. The van der Waals surface area contributed by atoms with Crippen LogP contribution >= 0.6 is 0 Å². The van der Waals surface area contributed by atoms with Gasteiger partial charge in [0.25, 0.3) is 0 Å². The molecule has 0 aromatic rings. The molecular formula is C9H14N2O. The van der Waals surface area contributed by atoms with Crippen molar-refractivity contribution in [2.75, 3.05) is 7.11 Å². The molecule has 0 radical (unpaired) electrons. The van der Waals surface area contributed by atoms with Gasteiger partial charge in [0.15, 0.2) is 0 Å². The summed E-state index contributed by atoms with van der Waals surface area (Å²) in [5.41, 5.74) is 11.7. The predicted molar refractivity (Wildman–Crippen MR) is 49.1 cm³/mol. The van der Waals surface area contributed by atoms with Crippen molar-refractivity contribution in [2.24, 2.45) is 11.5 Å². The molecule has 0 bridgehead atoms. The first-order valence-electron chi connectivity index (χ1n) is 3.76. The highest BCUT2D eigenvalue weighted by Crippen LogP contribution is 2.15. The number of hydrogen-bond donors (Lipinski definition) is 2. The Morgan fingerprint density at radius 1 is 1.50 bits per heavy atom. The van der Waals surface area contributed by atoms with Crippen LogP contribution in [-0.4, -0.2) is 12.6 Å². The molecule has 0 saturated carbocycles. The molecule has 1 atom stereocenters. The highest BCUT2D eigenvalue weighted by atomic mass is 16.5. The Morgan fingerprint density at radius 3 is 2.75 bits per heavy atom. The van der Waals surface area contributed by atoms with Crippen molar-refractivity contribution in [3.63, 3.8) is 0 Å². The number of methoxy groups -OCH3 is 1. The molecule has 12 heavy (non-hydrogen) atoms. The molecular weight excluding hydrogens is 152 g/mol. The summed E-state index contributed by atoms with van der Waals surface area (Å²) in [6, 6.07) is 0. The highest BCUT2D eigenvalue weighted by Gasteiger charge is 2.14. The SMILES string of the molecule is COC1=CC=CC(C)(N)C=C1N. The van der Waals surface area contributed by atoms with Gasteiger partial charge in [0, 0.05) is 0 Å². The van der Waals surface area contributed by atoms with Crippen molar-refractivity contribution in [3.8, 4) is 0 Å². The summed E-state index contributed by atoms with van der Waals surface area (Å²) < 4.78 is 5.04. The van der Waals surface area contributed by atoms with E-state index in [9.17, 15) is 0 Å². The second kappa shape index (κ2) is 3.03. The minimum absolute atomic E-state index is 0.485. The van der Waals surface area contributed by atoms with E-state index < -0.39 is 5.54 Å². The molecule has 1 aliphatic rings. The van der Waals surface area contributed by atoms with Crippen LogP contribution in [0.5, 0.6) is 0 Å². The average Bonchev–Trinajstić information content (AvgIpc) is 2.07. The molecule has 1 unspecified atom stereocenters. The molecule has 3 nitrogen and oxygen atoms in total. The molecule has 0 heterocycles. The normalized spacial score (nSPS) is 28.9. The average molecular weight is 166 g/mol. The predicted octanol–water partition coefficient (Wildman–Crippen LogP) is 0.647. The van der Waals surface area contributed by atoms with E-state index in [0.717, 1.165) is 0 Å². The largest absolute Gasteiger partial charge is 0.495 e. The van der Waals surface area contributed by atoms with Crippen LogP contribution in [-0.2, 0) is 4.74 Å². The Balaban J connectivity index is 3.00. The summed E-state index contributed by atoms with van der Waals surface area (Å²) in [5.74, 6) is 0.653. The molecule has 0 aromatic heterocycles. The van der Waals surface area contributed by atoms with Crippen LogP contribution in [0.1, 0.15) is 6.92 Å². The third kappa shape index (κ3) is 1.89. The number of rotatable bonds is 1. The number of nitrogens with two attached hydrogens (primary N) is 2. The van der Waals surface area contributed by atoms with Gasteiger partial charge in [-0.15, -0.1) is 0 Å². The molecule has 0 saturated heterocycles. The first-order chi connectivity index (χ1) is 5.55. The van der Waals surface area contributed by atoms with Crippen LogP contribution in [0, 0.1) is 0 Å². The Bertz CT molecular complexity index is 262. The first-order valence-corrected chi connectivity index (χ1v) is 3.76. The second-order valence-corrected chi connectivity index (χ2v) is 3.06. The van der Waals surface area contributed by atoms with E-state index >= 15 is 0 Å². The maximum atomic E-state index is 5.85. The molecule has 0 aromatic carbocycles. The maximum Gasteiger partial charge on any atom is 0.141 e. The van der Waals surface area contributed by atoms with Gasteiger partial charge in [0.1, 0.15) is 5.76 Å². The topological polar surface area (TPSA) is 61.3 Å². The Hall–Kier alpha value is -1.22. The molecule has 3 heteroatoms. The highest BCUT2D eigenvalue weighted by molar-refractivity contribution is 5.36. The van der Waals surface area contributed by atoms with E-state index in [1.54, 1.807) is 19.3 Å². The van der Waals surface area contributed by atoms with Gasteiger partial charge in [-0.2, -0.15) is 0 Å². The van der Waals surface area contributed by atoms with Gasteiger partial charge in [-0.3, -0.25) is 0 Å². The summed E-state index contributed by atoms with van der Waals surface area (Å²) in [7, 11) is 1.58. The van der Waals surface area contributed by atoms with Gasteiger partial charge in [-0.25, -0.2) is 0 Å². The van der Waals surface area contributed by atoms with Gasteiger partial charge < -0.3 is 16.2 Å². The minimum Gasteiger partial charge on any atom is -0.495 e. The van der Waals surface area contributed by atoms with Crippen LogP contribution in [0.3, 0.4) is 0 Å². The number of hydrogen-bond acceptors (Lipinski definition) is 3. The second-order valence-electron chi connectivity index (χ2n) is 3.06. The monoisotopic (exact) mass is 166 g/mol. The van der Waals surface area contributed by atoms with Crippen molar-refractivity contribution < 1.29 is 4.74 Å². The maximum absolute atomic E-state index is 5.85. The molecule has 0 spiro atoms. The van der Waals surface area contributed by atoms with Crippen molar-refractivity contribution in [2.45, 2.75) is 12.5 Å².